The fraction of sp³-hybridized carbons (Fsp3) is 0. The number of benzene rings is 1. The number of carbonyl (C=O) groups is 1. The molecule has 1 heterocycles. The lowest BCUT2D eigenvalue weighted by Crippen LogP contribution is -1.98. The maximum absolute atomic E-state index is 12.0. The number of ketones is 1. The lowest BCUT2D eigenvalue weighted by atomic mass is 10.1. The zero-order valence-electron chi connectivity index (χ0n) is 7.54. The van der Waals surface area contributed by atoms with Gasteiger partial charge in [0.15, 0.2) is 0 Å². The van der Waals surface area contributed by atoms with Gasteiger partial charge in [0.2, 0.25) is 5.78 Å². The topological polar surface area (TPSA) is 17.1 Å². The summed E-state index contributed by atoms with van der Waals surface area (Å²) in [6.45, 7) is 0. The third-order valence-corrected chi connectivity index (χ3v) is 3.65. The molecule has 1 aromatic heterocycles. The lowest BCUT2D eigenvalue weighted by molar-refractivity contribution is 0.104. The lowest BCUT2D eigenvalue weighted by Gasteiger charge is -2.00. The summed E-state index contributed by atoms with van der Waals surface area (Å²) in [5.74, 6) is 0.0620. The van der Waals surface area contributed by atoms with Crippen LogP contribution in [0.25, 0.3) is 0 Å². The first kappa shape index (κ1) is 11.0. The van der Waals surface area contributed by atoms with Gasteiger partial charge in [-0.05, 0) is 29.6 Å². The highest BCUT2D eigenvalue weighted by Crippen LogP contribution is 2.23. The predicted molar refractivity (Wildman–Crippen MR) is 69.6 cm³/mol. The molecule has 0 aliphatic rings. The Morgan fingerprint density at radius 2 is 1.80 bits per heavy atom. The van der Waals surface area contributed by atoms with Crippen LogP contribution in [0.1, 0.15) is 15.2 Å². The van der Waals surface area contributed by atoms with Crippen molar-refractivity contribution in [3.05, 3.63) is 55.1 Å². The number of hydrogen-bond donors (Lipinski definition) is 0. The van der Waals surface area contributed by atoms with Crippen molar-refractivity contribution in [3.63, 3.8) is 0 Å². The van der Waals surface area contributed by atoms with Gasteiger partial charge in [-0.25, -0.2) is 0 Å². The van der Waals surface area contributed by atoms with E-state index in [4.69, 9.17) is 0 Å². The number of thiophene rings is 1. The summed E-state index contributed by atoms with van der Waals surface area (Å²) in [5, 5.41) is 1.90. The van der Waals surface area contributed by atoms with E-state index in [2.05, 4.69) is 31.9 Å². The molecular weight excluding hydrogens is 340 g/mol. The third kappa shape index (κ3) is 2.56. The van der Waals surface area contributed by atoms with Crippen LogP contribution in [0.15, 0.2) is 44.7 Å². The van der Waals surface area contributed by atoms with Gasteiger partial charge >= 0.3 is 0 Å². The minimum absolute atomic E-state index is 0.0620. The summed E-state index contributed by atoms with van der Waals surface area (Å²) in [6, 6.07) is 9.28. The molecule has 15 heavy (non-hydrogen) atoms. The Morgan fingerprint density at radius 1 is 1.13 bits per heavy atom. The summed E-state index contributed by atoms with van der Waals surface area (Å²) >= 11 is 8.19. The Bertz CT molecular complexity index is 471. The third-order valence-electron chi connectivity index (χ3n) is 1.87. The maximum Gasteiger partial charge on any atom is 0.203 e. The second kappa shape index (κ2) is 4.60. The highest BCUT2D eigenvalue weighted by atomic mass is 79.9. The molecule has 0 bridgehead atoms. The minimum atomic E-state index is 0.0620. The van der Waals surface area contributed by atoms with Crippen molar-refractivity contribution in [3.8, 4) is 0 Å². The van der Waals surface area contributed by atoms with E-state index in [1.54, 1.807) is 0 Å². The molecule has 1 aromatic carbocycles. The van der Waals surface area contributed by atoms with Crippen molar-refractivity contribution in [2.24, 2.45) is 0 Å². The van der Waals surface area contributed by atoms with Crippen molar-refractivity contribution in [1.82, 2.24) is 0 Å². The molecule has 0 unspecified atom stereocenters. The highest BCUT2D eigenvalue weighted by Gasteiger charge is 2.10. The quantitative estimate of drug-likeness (QED) is 0.732. The van der Waals surface area contributed by atoms with E-state index in [9.17, 15) is 4.79 Å². The molecule has 0 atom stereocenters. The first-order chi connectivity index (χ1) is 7.16. The van der Waals surface area contributed by atoms with Crippen molar-refractivity contribution >= 4 is 49.0 Å². The molecule has 2 rings (SSSR count). The fourth-order valence-corrected chi connectivity index (χ4v) is 3.21. The van der Waals surface area contributed by atoms with E-state index < -0.39 is 0 Å². The van der Waals surface area contributed by atoms with Gasteiger partial charge < -0.3 is 0 Å². The van der Waals surface area contributed by atoms with Crippen molar-refractivity contribution < 1.29 is 4.79 Å². The summed E-state index contributed by atoms with van der Waals surface area (Å²) in [5.41, 5.74) is 0.693. The van der Waals surface area contributed by atoms with E-state index in [1.807, 2.05) is 35.7 Å². The summed E-state index contributed by atoms with van der Waals surface area (Å²) in [6.07, 6.45) is 0. The first-order valence-electron chi connectivity index (χ1n) is 4.21. The molecule has 0 saturated carbocycles. The Kier molecular flexibility index (Phi) is 3.38. The Morgan fingerprint density at radius 3 is 2.33 bits per heavy atom. The van der Waals surface area contributed by atoms with Crippen LogP contribution in [0.4, 0.5) is 0 Å². The molecule has 0 N–H and O–H groups in total. The van der Waals surface area contributed by atoms with E-state index in [1.165, 1.54) is 11.3 Å². The number of hydrogen-bond acceptors (Lipinski definition) is 2. The molecule has 0 radical (unpaired) electrons. The summed E-state index contributed by atoms with van der Waals surface area (Å²) in [7, 11) is 0. The standard InChI is InChI=1S/C11H6Br2OS/c12-8-4-7(5-9(13)6-8)11(14)10-2-1-3-15-10/h1-6H. The largest absolute Gasteiger partial charge is 0.288 e. The molecular formula is C11H6Br2OS. The van der Waals surface area contributed by atoms with Crippen LogP contribution in [0.3, 0.4) is 0 Å². The van der Waals surface area contributed by atoms with Gasteiger partial charge in [0.25, 0.3) is 0 Å². The average molecular weight is 346 g/mol. The Labute approximate surface area is 108 Å². The smallest absolute Gasteiger partial charge is 0.203 e. The summed E-state index contributed by atoms with van der Waals surface area (Å²) < 4.78 is 1.80. The molecule has 0 amide bonds. The van der Waals surface area contributed by atoms with Crippen molar-refractivity contribution in [2.45, 2.75) is 0 Å². The van der Waals surface area contributed by atoms with Crippen LogP contribution in [0.5, 0.6) is 0 Å². The summed E-state index contributed by atoms with van der Waals surface area (Å²) in [4.78, 5) is 12.7. The molecule has 0 fully saturated rings. The van der Waals surface area contributed by atoms with Gasteiger partial charge in [0, 0.05) is 14.5 Å². The molecule has 0 saturated heterocycles. The van der Waals surface area contributed by atoms with Gasteiger partial charge in [-0.3, -0.25) is 4.79 Å². The van der Waals surface area contributed by atoms with Gasteiger partial charge in [-0.2, -0.15) is 0 Å². The van der Waals surface area contributed by atoms with Crippen LogP contribution in [-0.2, 0) is 0 Å². The maximum atomic E-state index is 12.0. The molecule has 0 aliphatic carbocycles. The SMILES string of the molecule is O=C(c1cc(Br)cc(Br)c1)c1cccs1. The van der Waals surface area contributed by atoms with Gasteiger partial charge in [-0.15, -0.1) is 11.3 Å². The van der Waals surface area contributed by atoms with Crippen LogP contribution < -0.4 is 0 Å². The Hall–Kier alpha value is -0.450. The second-order valence-electron chi connectivity index (χ2n) is 2.96. The van der Waals surface area contributed by atoms with Gasteiger partial charge in [0.1, 0.15) is 0 Å². The molecule has 0 spiro atoms. The predicted octanol–water partition coefficient (Wildman–Crippen LogP) is 4.50. The molecule has 4 heteroatoms. The van der Waals surface area contributed by atoms with Gasteiger partial charge in [0.05, 0.1) is 4.88 Å². The molecule has 0 aliphatic heterocycles. The van der Waals surface area contributed by atoms with E-state index in [0.29, 0.717) is 5.56 Å². The van der Waals surface area contributed by atoms with E-state index >= 15 is 0 Å². The van der Waals surface area contributed by atoms with Crippen molar-refractivity contribution in [1.29, 1.82) is 0 Å². The first-order valence-corrected chi connectivity index (χ1v) is 6.67. The van der Waals surface area contributed by atoms with E-state index in [-0.39, 0.29) is 5.78 Å². The molecule has 76 valence electrons. The zero-order chi connectivity index (χ0) is 10.8. The normalized spacial score (nSPS) is 10.3. The van der Waals surface area contributed by atoms with Crippen LogP contribution in [0, 0.1) is 0 Å². The minimum Gasteiger partial charge on any atom is -0.288 e. The zero-order valence-corrected chi connectivity index (χ0v) is 11.5. The van der Waals surface area contributed by atoms with Crippen LogP contribution in [-0.4, -0.2) is 5.78 Å². The number of rotatable bonds is 2. The fourth-order valence-electron chi connectivity index (χ4n) is 1.23. The van der Waals surface area contributed by atoms with Crippen molar-refractivity contribution in [2.75, 3.05) is 0 Å². The number of carbonyl (C=O) groups excluding carboxylic acids is 1. The molecule has 1 nitrogen and oxygen atoms in total. The molecule has 2 aromatic rings. The highest BCUT2D eigenvalue weighted by molar-refractivity contribution is 9.11. The number of halogens is 2. The van der Waals surface area contributed by atoms with Gasteiger partial charge in [-0.1, -0.05) is 37.9 Å². The van der Waals surface area contributed by atoms with Crippen LogP contribution >= 0.6 is 43.2 Å². The van der Waals surface area contributed by atoms with Crippen LogP contribution in [0.2, 0.25) is 0 Å². The van der Waals surface area contributed by atoms with E-state index in [0.717, 1.165) is 13.8 Å². The Balaban J connectivity index is 2.42. The second-order valence-corrected chi connectivity index (χ2v) is 5.74. The monoisotopic (exact) mass is 344 g/mol. The average Bonchev–Trinajstić information content (AvgIpc) is 2.67.